The van der Waals surface area contributed by atoms with E-state index in [0.717, 1.165) is 49.7 Å². The summed E-state index contributed by atoms with van der Waals surface area (Å²) in [7, 11) is -1.99. The van der Waals surface area contributed by atoms with Crippen molar-refractivity contribution in [2.45, 2.75) is 132 Å². The minimum atomic E-state index is -3.61. The van der Waals surface area contributed by atoms with E-state index in [1.807, 2.05) is 19.9 Å². The van der Waals surface area contributed by atoms with Crippen LogP contribution in [0.15, 0.2) is 59.5 Å². The van der Waals surface area contributed by atoms with E-state index in [-0.39, 0.29) is 54.9 Å². The second kappa shape index (κ2) is 15.3. The van der Waals surface area contributed by atoms with Crippen molar-refractivity contribution < 1.29 is 41.9 Å². The first-order valence-electron chi connectivity index (χ1n) is 16.9. The van der Waals surface area contributed by atoms with Gasteiger partial charge in [-0.05, 0) is 81.6 Å². The van der Waals surface area contributed by atoms with Crippen molar-refractivity contribution in [3.8, 4) is 0 Å². The van der Waals surface area contributed by atoms with Crippen molar-refractivity contribution in [1.29, 1.82) is 0 Å². The first kappa shape index (κ1) is 35.7. The Hall–Kier alpha value is -1.63. The summed E-state index contributed by atoms with van der Waals surface area (Å²) >= 11 is 0. The van der Waals surface area contributed by atoms with E-state index in [2.05, 4.69) is 20.1 Å². The first-order chi connectivity index (χ1) is 21.9. The highest BCUT2D eigenvalue weighted by Crippen LogP contribution is 2.42. The van der Waals surface area contributed by atoms with Crippen LogP contribution >= 0.6 is 0 Å². The van der Waals surface area contributed by atoms with Gasteiger partial charge >= 0.3 is 0 Å². The second-order valence-corrected chi connectivity index (χ2v) is 16.1. The van der Waals surface area contributed by atoms with Crippen LogP contribution in [0.3, 0.4) is 0 Å². The number of sulfone groups is 1. The number of hydrogen-bond acceptors (Lipinski definition) is 9. The Balaban J connectivity index is 1.29. The van der Waals surface area contributed by atoms with Crippen LogP contribution in [0.2, 0.25) is 0 Å². The van der Waals surface area contributed by atoms with E-state index in [1.165, 1.54) is 0 Å². The second-order valence-electron chi connectivity index (χ2n) is 14.1. The molecule has 0 bridgehead atoms. The molecule has 10 atom stereocenters. The number of ether oxygens (including phenoxy) is 6. The summed E-state index contributed by atoms with van der Waals surface area (Å²) in [5.41, 5.74) is 2.13. The molecular formula is C36H54O9S. The average molecular weight is 663 g/mol. The smallest absolute Gasteiger partial charge is 0.178 e. The van der Waals surface area contributed by atoms with Crippen LogP contribution in [-0.4, -0.2) is 94.2 Å². The Morgan fingerprint density at radius 3 is 2.37 bits per heavy atom. The summed E-state index contributed by atoms with van der Waals surface area (Å²) in [4.78, 5) is 0.294. The maximum atomic E-state index is 13.7. The number of methoxy groups -OCH3 is 1. The lowest BCUT2D eigenvalue weighted by molar-refractivity contribution is -0.144. The topological polar surface area (TPSA) is 110 Å². The number of aliphatic hydroxyl groups excluding tert-OH is 1. The van der Waals surface area contributed by atoms with Gasteiger partial charge in [0.1, 0.15) is 0 Å². The Morgan fingerprint density at radius 2 is 1.70 bits per heavy atom. The summed E-state index contributed by atoms with van der Waals surface area (Å²) in [5.74, 6) is -0.923. The Bertz CT molecular complexity index is 1280. The average Bonchev–Trinajstić information content (AvgIpc) is 3.66. The van der Waals surface area contributed by atoms with E-state index in [9.17, 15) is 13.5 Å². The molecule has 4 aliphatic heterocycles. The number of rotatable bonds is 14. The monoisotopic (exact) mass is 662 g/mol. The highest BCUT2D eigenvalue weighted by Gasteiger charge is 2.50. The molecule has 258 valence electrons. The van der Waals surface area contributed by atoms with Crippen LogP contribution in [0.4, 0.5) is 0 Å². The molecule has 4 heterocycles. The molecule has 1 aromatic rings. The zero-order valence-corrected chi connectivity index (χ0v) is 28.8. The van der Waals surface area contributed by atoms with E-state index in [4.69, 9.17) is 28.4 Å². The van der Waals surface area contributed by atoms with Gasteiger partial charge in [-0.3, -0.25) is 0 Å². The van der Waals surface area contributed by atoms with Gasteiger partial charge in [-0.25, -0.2) is 8.42 Å². The molecule has 0 spiro atoms. The summed E-state index contributed by atoms with van der Waals surface area (Å²) < 4.78 is 65.0. The number of hydrogen-bond donors (Lipinski definition) is 1. The maximum Gasteiger partial charge on any atom is 0.178 e. The highest BCUT2D eigenvalue weighted by atomic mass is 32.2. The van der Waals surface area contributed by atoms with Gasteiger partial charge < -0.3 is 33.5 Å². The third-order valence-electron chi connectivity index (χ3n) is 10.2. The van der Waals surface area contributed by atoms with Gasteiger partial charge in [-0.2, -0.15) is 0 Å². The van der Waals surface area contributed by atoms with Gasteiger partial charge in [0.05, 0.1) is 66.1 Å². The largest absolute Gasteiger partial charge is 0.396 e. The van der Waals surface area contributed by atoms with Crippen LogP contribution in [0.1, 0.15) is 72.1 Å². The fraction of sp³-hybridized carbons (Fsp3) is 0.722. The molecule has 46 heavy (non-hydrogen) atoms. The van der Waals surface area contributed by atoms with Gasteiger partial charge in [-0.15, -0.1) is 0 Å². The summed E-state index contributed by atoms with van der Waals surface area (Å²) in [6, 6.07) is 8.58. The number of aliphatic hydroxyl groups is 1. The van der Waals surface area contributed by atoms with Crippen molar-refractivity contribution in [2.24, 2.45) is 11.8 Å². The van der Waals surface area contributed by atoms with E-state index in [1.54, 1.807) is 31.4 Å². The first-order valence-corrected chi connectivity index (χ1v) is 18.6. The van der Waals surface area contributed by atoms with Crippen LogP contribution in [0.5, 0.6) is 0 Å². The van der Waals surface area contributed by atoms with Crippen LogP contribution in [0.25, 0.3) is 0 Å². The van der Waals surface area contributed by atoms with Crippen LogP contribution < -0.4 is 0 Å². The molecule has 4 fully saturated rings. The molecule has 10 heteroatoms. The molecule has 1 unspecified atom stereocenters. The fourth-order valence-electron chi connectivity index (χ4n) is 7.70. The minimum absolute atomic E-state index is 0.00639. The van der Waals surface area contributed by atoms with Crippen molar-refractivity contribution in [2.75, 3.05) is 26.1 Å². The van der Waals surface area contributed by atoms with Crippen molar-refractivity contribution in [3.63, 3.8) is 0 Å². The van der Waals surface area contributed by atoms with E-state index in [0.29, 0.717) is 24.3 Å². The molecule has 0 saturated carbocycles. The fourth-order valence-corrected chi connectivity index (χ4v) is 9.37. The number of benzene rings is 1. The molecule has 1 N–H and O–H groups in total. The molecule has 0 aromatic heterocycles. The van der Waals surface area contributed by atoms with Crippen molar-refractivity contribution in [3.05, 3.63) is 54.6 Å². The van der Waals surface area contributed by atoms with Crippen molar-refractivity contribution in [1.82, 2.24) is 0 Å². The molecule has 1 aromatic carbocycles. The van der Waals surface area contributed by atoms with Gasteiger partial charge in [0.2, 0.25) is 0 Å². The molecule has 9 nitrogen and oxygen atoms in total. The van der Waals surface area contributed by atoms with Crippen LogP contribution in [0, 0.1) is 11.8 Å². The third kappa shape index (κ3) is 8.69. The van der Waals surface area contributed by atoms with Gasteiger partial charge in [0.15, 0.2) is 15.6 Å². The van der Waals surface area contributed by atoms with Gasteiger partial charge in [0, 0.05) is 32.5 Å². The Morgan fingerprint density at radius 1 is 0.957 bits per heavy atom. The predicted octanol–water partition coefficient (Wildman–Crippen LogP) is 5.41. The molecule has 4 saturated heterocycles. The Labute approximate surface area is 275 Å². The molecule has 0 radical (unpaired) electrons. The SMILES string of the molecule is C=C1C(C[C@@H]2O[C@H](C[C@H]3COC(C)(C)O3)[C@H](OC)[C@H]2CS(=O)(=O)c2ccccc2)O[C@@H](CC[C@@H]2O[C@@H](CCCO)CC2=C)C[C@H]1C. The maximum absolute atomic E-state index is 13.7. The van der Waals surface area contributed by atoms with Gasteiger partial charge in [0.25, 0.3) is 0 Å². The third-order valence-corrected chi connectivity index (χ3v) is 12.0. The highest BCUT2D eigenvalue weighted by molar-refractivity contribution is 7.91. The summed E-state index contributed by atoms with van der Waals surface area (Å²) in [6.45, 7) is 15.3. The molecule has 0 aliphatic carbocycles. The molecule has 0 amide bonds. The summed E-state index contributed by atoms with van der Waals surface area (Å²) in [5, 5.41) is 9.20. The van der Waals surface area contributed by atoms with Crippen molar-refractivity contribution >= 4 is 9.84 Å². The van der Waals surface area contributed by atoms with E-state index >= 15 is 0 Å². The van der Waals surface area contributed by atoms with Gasteiger partial charge in [-0.1, -0.05) is 38.3 Å². The zero-order chi connectivity index (χ0) is 33.1. The normalized spacial score (nSPS) is 36.5. The Kier molecular flexibility index (Phi) is 11.9. The van der Waals surface area contributed by atoms with Crippen LogP contribution in [-0.2, 0) is 38.3 Å². The molecule has 5 rings (SSSR count). The molecule has 4 aliphatic rings. The standard InChI is InChI=1S/C36H54O9S/c1-23-17-27(14-15-31-24(2)18-26(42-31)11-10-16-37)43-32(25(23)3)20-33-30(22-46(38,39)29-12-8-7-9-13-29)35(40-6)34(44-33)19-28-21-41-36(4,5)45-28/h7-9,12-13,23,26-28,30-35,37H,2-3,10-11,14-22H2,1,4-6H3/t23-,26+,27+,28+,30+,31+,32?,33+,34-,35-/m1/s1. The lowest BCUT2D eigenvalue weighted by Crippen LogP contribution is -2.40. The lowest BCUT2D eigenvalue weighted by Gasteiger charge is -2.38. The summed E-state index contributed by atoms with van der Waals surface area (Å²) in [6.07, 6.45) is 4.48. The zero-order valence-electron chi connectivity index (χ0n) is 28.0. The lowest BCUT2D eigenvalue weighted by atomic mass is 9.83. The predicted molar refractivity (Wildman–Crippen MR) is 175 cm³/mol. The van der Waals surface area contributed by atoms with E-state index < -0.39 is 33.8 Å². The molecular weight excluding hydrogens is 608 g/mol. The minimum Gasteiger partial charge on any atom is -0.396 e. The quantitative estimate of drug-likeness (QED) is 0.262.